The van der Waals surface area contributed by atoms with E-state index in [9.17, 15) is 37.1 Å². The van der Waals surface area contributed by atoms with Gasteiger partial charge in [0.15, 0.2) is 0 Å². The summed E-state index contributed by atoms with van der Waals surface area (Å²) < 4.78 is 48.1. The molecule has 15 heteroatoms. The van der Waals surface area contributed by atoms with Gasteiger partial charge in [0.1, 0.15) is 34.8 Å². The smallest absolute Gasteiger partial charge is 0.405 e. The van der Waals surface area contributed by atoms with Gasteiger partial charge < -0.3 is 25.4 Å². The molecule has 4 heterocycles. The summed E-state index contributed by atoms with van der Waals surface area (Å²) in [5, 5.41) is 15.6. The standard InChI is InChI=1S/C35H42FN5O8S/c1-20-28-24(23-11-10-22(36)16-26(23)37-20)12-13-34(49-28)18-27-29(42)39-35(31(44)40-50(47,48)33(2)14-15-33)17-21(35)8-6-4-3-5-7-9-25(38-32(45)46)30(43)41(27)19-34/h6,8,10-11,16,21,25,27,38H,3-5,7,9,12-15,17-19H2,1-2H3,(H,39,42)(H,40,44)(H,45,46)/t21-,25+,27+,34-,35-/m1/s1. The number of hydrogen-bond donors (Lipinski definition) is 4. The zero-order valence-electron chi connectivity index (χ0n) is 28.1. The lowest BCUT2D eigenvalue weighted by Crippen LogP contribution is -2.58. The molecule has 0 unspecified atom stereocenters. The van der Waals surface area contributed by atoms with Crippen molar-refractivity contribution in [1.29, 1.82) is 0 Å². The molecule has 2 aromatic rings. The Labute approximate surface area is 289 Å². The summed E-state index contributed by atoms with van der Waals surface area (Å²) in [6.45, 7) is 3.29. The normalized spacial score (nSPS) is 30.5. The van der Waals surface area contributed by atoms with Crippen molar-refractivity contribution in [3.63, 3.8) is 0 Å². The van der Waals surface area contributed by atoms with Gasteiger partial charge in [-0.2, -0.15) is 0 Å². The zero-order valence-corrected chi connectivity index (χ0v) is 28.9. The highest BCUT2D eigenvalue weighted by Crippen LogP contribution is 2.49. The van der Waals surface area contributed by atoms with Crippen LogP contribution >= 0.6 is 0 Å². The number of carboxylic acid groups (broad SMARTS) is 1. The lowest BCUT2D eigenvalue weighted by atomic mass is 9.87. The Morgan fingerprint density at radius 1 is 1.14 bits per heavy atom. The number of allylic oxidation sites excluding steroid dienone is 1. The molecule has 0 radical (unpaired) electrons. The number of ether oxygens (including phenoxy) is 1. The van der Waals surface area contributed by atoms with Crippen LogP contribution in [0.25, 0.3) is 10.9 Å². The first-order valence-electron chi connectivity index (χ1n) is 17.3. The molecule has 13 nitrogen and oxygen atoms in total. The van der Waals surface area contributed by atoms with Crippen molar-refractivity contribution in [2.24, 2.45) is 5.92 Å². The maximum Gasteiger partial charge on any atom is 0.405 e. The predicted octanol–water partition coefficient (Wildman–Crippen LogP) is 3.38. The molecule has 1 spiro atoms. The fourth-order valence-corrected chi connectivity index (χ4v) is 9.13. The van der Waals surface area contributed by atoms with E-state index in [2.05, 4.69) is 20.3 Å². The van der Waals surface area contributed by atoms with Gasteiger partial charge in [0.2, 0.25) is 21.8 Å². The Morgan fingerprint density at radius 3 is 2.66 bits per heavy atom. The van der Waals surface area contributed by atoms with Crippen molar-refractivity contribution >= 4 is 44.7 Å². The van der Waals surface area contributed by atoms with Crippen LogP contribution in [0.3, 0.4) is 0 Å². The van der Waals surface area contributed by atoms with Crippen molar-refractivity contribution in [3.05, 3.63) is 47.4 Å². The van der Waals surface area contributed by atoms with E-state index < -0.39 is 73.5 Å². The van der Waals surface area contributed by atoms with Gasteiger partial charge in [0.05, 0.1) is 22.5 Å². The quantitative estimate of drug-likeness (QED) is 0.346. The van der Waals surface area contributed by atoms with Crippen LogP contribution in [-0.2, 0) is 30.8 Å². The topological polar surface area (TPSA) is 184 Å². The van der Waals surface area contributed by atoms with Crippen molar-refractivity contribution in [2.75, 3.05) is 6.54 Å². The fraction of sp³-hybridized carbons (Fsp3) is 0.571. The summed E-state index contributed by atoms with van der Waals surface area (Å²) in [4.78, 5) is 60.1. The second-order valence-corrected chi connectivity index (χ2v) is 17.1. The van der Waals surface area contributed by atoms with Crippen LogP contribution in [0.4, 0.5) is 9.18 Å². The first kappa shape index (κ1) is 34.2. The lowest BCUT2D eigenvalue weighted by molar-refractivity contribution is -0.141. The van der Waals surface area contributed by atoms with Gasteiger partial charge in [-0.15, -0.1) is 0 Å². The van der Waals surface area contributed by atoms with Crippen molar-refractivity contribution < 1.29 is 41.8 Å². The molecule has 3 fully saturated rings. The number of fused-ring (bicyclic) bond motifs is 5. The molecule has 268 valence electrons. The molecular formula is C35H42FN5O8S. The van der Waals surface area contributed by atoms with Crippen LogP contribution in [-0.4, -0.2) is 81.7 Å². The summed E-state index contributed by atoms with van der Waals surface area (Å²) in [6, 6.07) is 2.11. The second kappa shape index (κ2) is 12.2. The number of sulfonamides is 1. The third kappa shape index (κ3) is 6.07. The van der Waals surface area contributed by atoms with Gasteiger partial charge in [0, 0.05) is 29.4 Å². The van der Waals surface area contributed by atoms with E-state index in [4.69, 9.17) is 4.74 Å². The number of pyridine rings is 1. The average Bonchev–Trinajstić information content (AvgIpc) is 3.94. The fourth-order valence-electron chi connectivity index (χ4n) is 7.82. The number of aryl methyl sites for hydroxylation is 2. The van der Waals surface area contributed by atoms with Crippen molar-refractivity contribution in [2.45, 2.75) is 112 Å². The molecule has 2 aliphatic carbocycles. The minimum Gasteiger partial charge on any atom is -0.483 e. The van der Waals surface area contributed by atoms with Gasteiger partial charge in [-0.25, -0.2) is 22.6 Å². The molecule has 4 N–H and O–H groups in total. The molecule has 5 atom stereocenters. The Balaban J connectivity index is 1.23. The number of carbonyl (C=O) groups excluding carboxylic acids is 3. The number of hydrogen-bond acceptors (Lipinski definition) is 8. The molecule has 1 saturated heterocycles. The molecule has 1 aromatic carbocycles. The number of nitrogens with one attached hydrogen (secondary N) is 3. The van der Waals surface area contributed by atoms with Gasteiger partial charge in [-0.05, 0) is 77.3 Å². The third-order valence-corrected chi connectivity index (χ3v) is 13.4. The first-order chi connectivity index (χ1) is 23.7. The molecule has 2 saturated carbocycles. The van der Waals surface area contributed by atoms with E-state index >= 15 is 0 Å². The van der Waals surface area contributed by atoms with Crippen LogP contribution in [0.15, 0.2) is 30.4 Å². The second-order valence-electron chi connectivity index (χ2n) is 14.9. The number of carbonyl (C=O) groups is 4. The van der Waals surface area contributed by atoms with Gasteiger partial charge in [-0.3, -0.25) is 19.1 Å². The van der Waals surface area contributed by atoms with Crippen molar-refractivity contribution in [1.82, 2.24) is 25.2 Å². The number of aromatic nitrogens is 1. The van der Waals surface area contributed by atoms with Crippen molar-refractivity contribution in [3.8, 4) is 5.75 Å². The highest BCUT2D eigenvalue weighted by molar-refractivity contribution is 7.91. The van der Waals surface area contributed by atoms with Gasteiger partial charge >= 0.3 is 6.09 Å². The minimum absolute atomic E-state index is 0.0304. The largest absolute Gasteiger partial charge is 0.483 e. The number of amides is 4. The van der Waals surface area contributed by atoms with Crippen LogP contribution in [0.5, 0.6) is 5.75 Å². The van der Waals surface area contributed by atoms with E-state index in [-0.39, 0.29) is 25.8 Å². The van der Waals surface area contributed by atoms with Crippen LogP contribution in [0.1, 0.15) is 82.4 Å². The van der Waals surface area contributed by atoms with E-state index in [0.29, 0.717) is 55.5 Å². The SMILES string of the molecule is Cc1nc2cc(F)ccc2c2c1O[C@]1(CC2)C[C@H]2C(=O)N[C@]3(C(=O)NS(=O)(=O)C4(C)CC4)C[C@H]3C=CCCCCC[C@H](NC(=O)O)C(=O)N2C1. The Hall–Kier alpha value is -4.27. The van der Waals surface area contributed by atoms with E-state index in [1.165, 1.54) is 17.0 Å². The molecule has 50 heavy (non-hydrogen) atoms. The zero-order chi connectivity index (χ0) is 35.6. The highest BCUT2D eigenvalue weighted by Gasteiger charge is 2.64. The Morgan fingerprint density at radius 2 is 1.92 bits per heavy atom. The average molecular weight is 712 g/mol. The summed E-state index contributed by atoms with van der Waals surface area (Å²) in [6.07, 6.45) is 7.29. The molecule has 1 aromatic heterocycles. The maximum absolute atomic E-state index is 14.4. The first-order valence-corrected chi connectivity index (χ1v) is 18.8. The molecule has 3 aliphatic heterocycles. The summed E-state index contributed by atoms with van der Waals surface area (Å²) in [5.41, 5.74) is -0.725. The molecule has 7 rings (SSSR count). The van der Waals surface area contributed by atoms with Crippen LogP contribution in [0, 0.1) is 18.7 Å². The summed E-state index contributed by atoms with van der Waals surface area (Å²) >= 11 is 0. The van der Waals surface area contributed by atoms with E-state index in [1.54, 1.807) is 19.9 Å². The monoisotopic (exact) mass is 711 g/mol. The maximum atomic E-state index is 14.4. The number of halogens is 1. The van der Waals surface area contributed by atoms with Gasteiger partial charge in [0.25, 0.3) is 5.91 Å². The molecular weight excluding hydrogens is 669 g/mol. The number of nitrogens with zero attached hydrogens (tertiary/aromatic N) is 2. The van der Waals surface area contributed by atoms with Crippen LogP contribution in [0.2, 0.25) is 0 Å². The Bertz CT molecular complexity index is 1930. The highest BCUT2D eigenvalue weighted by atomic mass is 32.2. The van der Waals surface area contributed by atoms with E-state index in [0.717, 1.165) is 23.8 Å². The molecule has 5 aliphatic rings. The lowest BCUT2D eigenvalue weighted by Gasteiger charge is -2.36. The third-order valence-electron chi connectivity index (χ3n) is 11.2. The number of rotatable bonds is 4. The summed E-state index contributed by atoms with van der Waals surface area (Å²) in [7, 11) is -4.00. The van der Waals surface area contributed by atoms with Gasteiger partial charge in [-0.1, -0.05) is 25.0 Å². The minimum atomic E-state index is -4.00. The number of benzene rings is 1. The molecule has 0 bridgehead atoms. The summed E-state index contributed by atoms with van der Waals surface area (Å²) in [5.74, 6) is -2.42. The predicted molar refractivity (Wildman–Crippen MR) is 179 cm³/mol. The molecule has 4 amide bonds. The Kier molecular flexibility index (Phi) is 8.34. The van der Waals surface area contributed by atoms with E-state index in [1.807, 2.05) is 12.2 Å². The van der Waals surface area contributed by atoms with Crippen LogP contribution < -0.4 is 20.1 Å².